The van der Waals surface area contributed by atoms with Crippen molar-refractivity contribution in [1.82, 2.24) is 0 Å². The molecule has 3 heteroatoms. The summed E-state index contributed by atoms with van der Waals surface area (Å²) in [6, 6.07) is 5.88. The lowest BCUT2D eigenvalue weighted by Crippen LogP contribution is -1.65. The Morgan fingerprint density at radius 1 is 1.36 bits per heavy atom. The second-order valence-corrected chi connectivity index (χ2v) is 4.00. The minimum absolute atomic E-state index is 0.359. The summed E-state index contributed by atoms with van der Waals surface area (Å²) in [5, 5.41) is 12.0. The van der Waals surface area contributed by atoms with Gasteiger partial charge in [0.15, 0.2) is 0 Å². The molecule has 0 atom stereocenters. The summed E-state index contributed by atoms with van der Waals surface area (Å²) in [7, 11) is 0. The lowest BCUT2D eigenvalue weighted by atomic mass is 10.2. The first kappa shape index (κ1) is 7.13. The molecule has 1 aromatic heterocycles. The average Bonchev–Trinajstić information content (AvgIpc) is 2.34. The van der Waals surface area contributed by atoms with E-state index < -0.39 is 0 Å². The van der Waals surface area contributed by atoms with Crippen LogP contribution in [0.15, 0.2) is 28.1 Å². The molecule has 1 N–H and O–H groups in total. The SMILES string of the molecule is Oc1csc2cccc(Br)c12. The number of aromatic hydroxyl groups is 1. The molecule has 0 saturated carbocycles. The monoisotopic (exact) mass is 228 g/mol. The van der Waals surface area contributed by atoms with Crippen molar-refractivity contribution < 1.29 is 5.11 Å². The van der Waals surface area contributed by atoms with Crippen molar-refractivity contribution in [2.45, 2.75) is 0 Å². The Balaban J connectivity index is 2.96. The van der Waals surface area contributed by atoms with Crippen molar-refractivity contribution >= 4 is 37.4 Å². The maximum atomic E-state index is 9.37. The molecule has 0 unspecified atom stereocenters. The smallest absolute Gasteiger partial charge is 0.135 e. The maximum Gasteiger partial charge on any atom is 0.135 e. The van der Waals surface area contributed by atoms with Gasteiger partial charge in [0.1, 0.15) is 5.75 Å². The second-order valence-electron chi connectivity index (χ2n) is 2.23. The van der Waals surface area contributed by atoms with E-state index in [9.17, 15) is 5.11 Å². The summed E-state index contributed by atoms with van der Waals surface area (Å²) < 4.78 is 2.06. The molecular formula is C8H5BrOS. The standard InChI is InChI=1S/C8H5BrOS/c9-5-2-1-3-7-8(5)6(10)4-11-7/h1-4,10H. The van der Waals surface area contributed by atoms with Gasteiger partial charge in [-0.3, -0.25) is 0 Å². The van der Waals surface area contributed by atoms with E-state index in [0.29, 0.717) is 5.75 Å². The Morgan fingerprint density at radius 3 is 2.91 bits per heavy atom. The van der Waals surface area contributed by atoms with Gasteiger partial charge in [0, 0.05) is 19.9 Å². The zero-order valence-electron chi connectivity index (χ0n) is 5.54. The molecule has 0 bridgehead atoms. The summed E-state index contributed by atoms with van der Waals surface area (Å²) in [4.78, 5) is 0. The number of fused-ring (bicyclic) bond motifs is 1. The molecule has 1 heterocycles. The van der Waals surface area contributed by atoms with Crippen molar-refractivity contribution in [1.29, 1.82) is 0 Å². The Hall–Kier alpha value is -0.540. The van der Waals surface area contributed by atoms with E-state index in [1.165, 1.54) is 0 Å². The van der Waals surface area contributed by atoms with Crippen LogP contribution >= 0.6 is 27.3 Å². The normalized spacial score (nSPS) is 10.6. The third-order valence-electron chi connectivity index (χ3n) is 1.53. The van der Waals surface area contributed by atoms with Gasteiger partial charge in [0.25, 0.3) is 0 Å². The largest absolute Gasteiger partial charge is 0.506 e. The van der Waals surface area contributed by atoms with E-state index in [0.717, 1.165) is 14.6 Å². The zero-order valence-corrected chi connectivity index (χ0v) is 7.95. The highest BCUT2D eigenvalue weighted by Crippen LogP contribution is 2.36. The molecule has 0 aliphatic carbocycles. The molecular weight excluding hydrogens is 224 g/mol. The van der Waals surface area contributed by atoms with Crippen molar-refractivity contribution in [2.24, 2.45) is 0 Å². The molecule has 11 heavy (non-hydrogen) atoms. The van der Waals surface area contributed by atoms with Crippen LogP contribution in [0, 0.1) is 0 Å². The topological polar surface area (TPSA) is 20.2 Å². The van der Waals surface area contributed by atoms with Crippen LogP contribution in [0.2, 0.25) is 0 Å². The number of halogens is 1. The van der Waals surface area contributed by atoms with Crippen LogP contribution in [0.1, 0.15) is 0 Å². The minimum atomic E-state index is 0.359. The Kier molecular flexibility index (Phi) is 1.62. The summed E-state index contributed by atoms with van der Waals surface area (Å²) >= 11 is 4.92. The van der Waals surface area contributed by atoms with Gasteiger partial charge in [-0.25, -0.2) is 0 Å². The molecule has 0 saturated heterocycles. The Labute approximate surface area is 76.4 Å². The van der Waals surface area contributed by atoms with Crippen LogP contribution in [0.25, 0.3) is 10.1 Å². The summed E-state index contributed by atoms with van der Waals surface area (Å²) in [5.41, 5.74) is 0. The van der Waals surface area contributed by atoms with Gasteiger partial charge in [-0.15, -0.1) is 11.3 Å². The van der Waals surface area contributed by atoms with E-state index in [2.05, 4.69) is 15.9 Å². The molecule has 1 aromatic carbocycles. The van der Waals surface area contributed by atoms with E-state index >= 15 is 0 Å². The van der Waals surface area contributed by atoms with E-state index in [4.69, 9.17) is 0 Å². The molecule has 0 aliphatic rings. The second kappa shape index (κ2) is 2.50. The van der Waals surface area contributed by atoms with E-state index in [1.807, 2.05) is 18.2 Å². The van der Waals surface area contributed by atoms with Crippen LogP contribution in [0.4, 0.5) is 0 Å². The van der Waals surface area contributed by atoms with Gasteiger partial charge in [-0.2, -0.15) is 0 Å². The number of thiophene rings is 1. The van der Waals surface area contributed by atoms with Gasteiger partial charge in [-0.1, -0.05) is 6.07 Å². The van der Waals surface area contributed by atoms with Gasteiger partial charge >= 0.3 is 0 Å². The van der Waals surface area contributed by atoms with Crippen molar-refractivity contribution in [3.8, 4) is 5.75 Å². The first-order valence-electron chi connectivity index (χ1n) is 3.14. The number of hydrogen-bond acceptors (Lipinski definition) is 2. The Bertz CT molecular complexity index is 394. The van der Waals surface area contributed by atoms with E-state index in [-0.39, 0.29) is 0 Å². The fraction of sp³-hybridized carbons (Fsp3) is 0. The van der Waals surface area contributed by atoms with Gasteiger partial charge in [-0.05, 0) is 28.1 Å². The summed E-state index contributed by atoms with van der Waals surface area (Å²) in [6.45, 7) is 0. The van der Waals surface area contributed by atoms with Gasteiger partial charge in [0.05, 0.1) is 0 Å². The number of rotatable bonds is 0. The first-order chi connectivity index (χ1) is 5.29. The molecule has 1 nitrogen and oxygen atoms in total. The van der Waals surface area contributed by atoms with Crippen LogP contribution in [0.5, 0.6) is 5.75 Å². The Morgan fingerprint density at radius 2 is 2.18 bits per heavy atom. The molecule has 56 valence electrons. The maximum absolute atomic E-state index is 9.37. The molecule has 2 rings (SSSR count). The third kappa shape index (κ3) is 1.04. The van der Waals surface area contributed by atoms with Crippen LogP contribution in [-0.4, -0.2) is 5.11 Å². The highest BCUT2D eigenvalue weighted by atomic mass is 79.9. The molecule has 0 amide bonds. The lowest BCUT2D eigenvalue weighted by molar-refractivity contribution is 0.483. The lowest BCUT2D eigenvalue weighted by Gasteiger charge is -1.92. The van der Waals surface area contributed by atoms with Crippen molar-refractivity contribution in [3.05, 3.63) is 28.1 Å². The van der Waals surface area contributed by atoms with Crippen molar-refractivity contribution in [3.63, 3.8) is 0 Å². The summed E-state index contributed by atoms with van der Waals surface area (Å²) in [6.07, 6.45) is 0. The van der Waals surface area contributed by atoms with Gasteiger partial charge in [0.2, 0.25) is 0 Å². The zero-order chi connectivity index (χ0) is 7.84. The minimum Gasteiger partial charge on any atom is -0.506 e. The number of benzene rings is 1. The predicted octanol–water partition coefficient (Wildman–Crippen LogP) is 3.37. The molecule has 0 fully saturated rings. The average molecular weight is 229 g/mol. The quantitative estimate of drug-likeness (QED) is 0.734. The molecule has 0 radical (unpaired) electrons. The predicted molar refractivity (Wildman–Crippen MR) is 51.2 cm³/mol. The first-order valence-corrected chi connectivity index (χ1v) is 4.81. The molecule has 0 spiro atoms. The highest BCUT2D eigenvalue weighted by molar-refractivity contribution is 9.10. The fourth-order valence-corrected chi connectivity index (χ4v) is 2.58. The van der Waals surface area contributed by atoms with Crippen LogP contribution < -0.4 is 0 Å². The van der Waals surface area contributed by atoms with Crippen LogP contribution in [0.3, 0.4) is 0 Å². The van der Waals surface area contributed by atoms with Gasteiger partial charge < -0.3 is 5.11 Å². The molecule has 2 aromatic rings. The fourth-order valence-electron chi connectivity index (χ4n) is 1.03. The van der Waals surface area contributed by atoms with Crippen molar-refractivity contribution in [2.75, 3.05) is 0 Å². The number of hydrogen-bond donors (Lipinski definition) is 1. The van der Waals surface area contributed by atoms with E-state index in [1.54, 1.807) is 16.7 Å². The molecule has 0 aliphatic heterocycles. The summed E-state index contributed by atoms with van der Waals surface area (Å²) in [5.74, 6) is 0.359. The highest BCUT2D eigenvalue weighted by Gasteiger charge is 2.04. The van der Waals surface area contributed by atoms with Crippen LogP contribution in [-0.2, 0) is 0 Å². The third-order valence-corrected chi connectivity index (χ3v) is 3.13.